The first-order valence-electron chi connectivity index (χ1n) is 23.1. The highest BCUT2D eigenvalue weighted by Crippen LogP contribution is 2.49. The van der Waals surface area contributed by atoms with Gasteiger partial charge in [-0.25, -0.2) is 9.59 Å². The molecule has 10 rings (SSSR count). The van der Waals surface area contributed by atoms with E-state index >= 15 is 0 Å². The molecule has 0 spiro atoms. The van der Waals surface area contributed by atoms with E-state index in [2.05, 4.69) is 27.2 Å². The fourth-order valence-corrected chi connectivity index (χ4v) is 10.4. The van der Waals surface area contributed by atoms with Gasteiger partial charge in [0, 0.05) is 114 Å². The van der Waals surface area contributed by atoms with E-state index in [1.54, 1.807) is 21.9 Å². The molecule has 0 saturated heterocycles. The molecule has 0 radical (unpaired) electrons. The standard InChI is InChI=1S/C24H27ClN2O3.C17H21ClN2O3.C12H13ClN2O.ClH/c1-15-12-26-22-19(29-14-16-8-6-5-7-9-16)10-18-21(20(15)22)17(11-25)13-27(18)23(28)30-24(2,3)4;1-9-7-19-15-12(21)5-11-14(13(9)15)10(6-18)8-20(11)16(22)23-17(2,3)4;1-6-4-15-12-9(16)2-8-11(10(6)12)7(3-13)5-14-8;/h5-10,12,17,26H,11,13-14H2,1-4H3;5,7,10,19,21H,6,8H2,1-4H3;2,4,7,14-16H,3,5H2,1H3;1H/t17-;10-;7-;/m111./s1. The van der Waals surface area contributed by atoms with Crippen molar-refractivity contribution in [3.63, 3.8) is 0 Å². The Hall–Kier alpha value is -5.60. The zero-order valence-corrected chi connectivity index (χ0v) is 44.0. The van der Waals surface area contributed by atoms with Gasteiger partial charge in [-0.3, -0.25) is 9.80 Å². The highest BCUT2D eigenvalue weighted by molar-refractivity contribution is 6.20. The largest absolute Gasteiger partial charge is 0.506 e. The molecule has 70 heavy (non-hydrogen) atoms. The van der Waals surface area contributed by atoms with Gasteiger partial charge in [0.05, 0.1) is 27.9 Å². The van der Waals surface area contributed by atoms with Crippen molar-refractivity contribution < 1.29 is 34.0 Å². The molecule has 17 heteroatoms. The maximum Gasteiger partial charge on any atom is 0.414 e. The molecule has 13 nitrogen and oxygen atoms in total. The van der Waals surface area contributed by atoms with Crippen molar-refractivity contribution in [2.45, 2.75) is 97.9 Å². The number of carbonyl (C=O) groups is 2. The lowest BCUT2D eigenvalue weighted by molar-refractivity contribution is 0.0571. The van der Waals surface area contributed by atoms with Crippen LogP contribution in [0.2, 0.25) is 0 Å². The Morgan fingerprint density at radius 1 is 0.643 bits per heavy atom. The number of hydrogen-bond donors (Lipinski definition) is 6. The van der Waals surface area contributed by atoms with Gasteiger partial charge in [0.25, 0.3) is 0 Å². The molecule has 7 aromatic rings. The van der Waals surface area contributed by atoms with Gasteiger partial charge in [-0.2, -0.15) is 0 Å². The van der Waals surface area contributed by atoms with Crippen LogP contribution < -0.4 is 19.9 Å². The second-order valence-corrected chi connectivity index (χ2v) is 21.0. The first-order valence-corrected chi connectivity index (χ1v) is 24.7. The smallest absolute Gasteiger partial charge is 0.414 e. The number of H-pyrrole nitrogens is 3. The monoisotopic (exact) mass is 1030 g/mol. The molecule has 3 aliphatic rings. The number of phenols is 2. The summed E-state index contributed by atoms with van der Waals surface area (Å²) in [7, 11) is 0. The van der Waals surface area contributed by atoms with Crippen LogP contribution in [-0.4, -0.2) is 85.8 Å². The van der Waals surface area contributed by atoms with Gasteiger partial charge in [-0.15, -0.1) is 47.2 Å². The molecule has 0 bridgehead atoms. The van der Waals surface area contributed by atoms with Crippen LogP contribution in [0.15, 0.2) is 67.1 Å². The fraction of sp³-hybridized carbons (Fsp3) is 0.396. The van der Waals surface area contributed by atoms with Crippen LogP contribution in [0.25, 0.3) is 32.7 Å². The van der Waals surface area contributed by atoms with Gasteiger partial charge in [-0.1, -0.05) is 30.3 Å². The van der Waals surface area contributed by atoms with Gasteiger partial charge in [-0.05, 0) is 101 Å². The highest BCUT2D eigenvalue weighted by Gasteiger charge is 2.39. The Balaban J connectivity index is 0.000000161. The average Bonchev–Trinajstić information content (AvgIpc) is 4.16. The number of carbonyl (C=O) groups excluding carboxylic acids is 2. The Morgan fingerprint density at radius 2 is 1.09 bits per heavy atom. The van der Waals surface area contributed by atoms with Crippen molar-refractivity contribution in [2.75, 3.05) is 52.4 Å². The topological polar surface area (TPSA) is 168 Å². The summed E-state index contributed by atoms with van der Waals surface area (Å²) < 4.78 is 17.3. The van der Waals surface area contributed by atoms with Crippen LogP contribution in [0.3, 0.4) is 0 Å². The molecule has 4 aromatic carbocycles. The summed E-state index contributed by atoms with van der Waals surface area (Å²) >= 11 is 18.4. The molecule has 374 valence electrons. The number of aromatic hydroxyl groups is 2. The molecule has 6 heterocycles. The molecule has 0 unspecified atom stereocenters. The molecule has 0 aliphatic carbocycles. The molecule has 0 saturated carbocycles. The van der Waals surface area contributed by atoms with Gasteiger partial charge in [0.15, 0.2) is 0 Å². The van der Waals surface area contributed by atoms with E-state index in [0.29, 0.717) is 66.0 Å². The van der Waals surface area contributed by atoms with Gasteiger partial charge in [0.2, 0.25) is 0 Å². The summed E-state index contributed by atoms with van der Waals surface area (Å²) in [6, 6.07) is 15.4. The van der Waals surface area contributed by atoms with Crippen LogP contribution in [-0.2, 0) is 16.1 Å². The summed E-state index contributed by atoms with van der Waals surface area (Å²) in [5.41, 5.74) is 11.5. The predicted molar refractivity (Wildman–Crippen MR) is 286 cm³/mol. The first kappa shape index (κ1) is 52.2. The molecule has 0 fully saturated rings. The van der Waals surface area contributed by atoms with Crippen molar-refractivity contribution in [2.24, 2.45) is 0 Å². The van der Waals surface area contributed by atoms with Crippen LogP contribution in [0.1, 0.15) is 98.2 Å². The third-order valence-corrected chi connectivity index (χ3v) is 13.8. The van der Waals surface area contributed by atoms with Crippen LogP contribution >= 0.6 is 47.2 Å². The van der Waals surface area contributed by atoms with Crippen molar-refractivity contribution in [1.82, 2.24) is 15.0 Å². The third kappa shape index (κ3) is 10.3. The van der Waals surface area contributed by atoms with Gasteiger partial charge in [0.1, 0.15) is 35.1 Å². The number of aromatic amines is 3. The molecule has 3 aromatic heterocycles. The van der Waals surface area contributed by atoms with E-state index in [4.69, 9.17) is 49.0 Å². The van der Waals surface area contributed by atoms with Crippen LogP contribution in [0.4, 0.5) is 26.7 Å². The molecular formula is C53H62Cl4N6O7. The molecule has 2 amide bonds. The van der Waals surface area contributed by atoms with Crippen molar-refractivity contribution in [1.29, 1.82) is 0 Å². The minimum absolute atomic E-state index is 0. The summed E-state index contributed by atoms with van der Waals surface area (Å²) in [5, 5.41) is 26.6. The lowest BCUT2D eigenvalue weighted by atomic mass is 9.96. The zero-order chi connectivity index (χ0) is 49.7. The van der Waals surface area contributed by atoms with E-state index in [1.807, 2.05) is 110 Å². The molecule has 3 aliphatic heterocycles. The third-order valence-electron chi connectivity index (χ3n) is 12.6. The normalized spacial score (nSPS) is 16.9. The van der Waals surface area contributed by atoms with Gasteiger partial charge >= 0.3 is 12.2 Å². The van der Waals surface area contributed by atoms with E-state index < -0.39 is 17.3 Å². The maximum atomic E-state index is 12.9. The number of fused-ring (bicyclic) bond motifs is 9. The van der Waals surface area contributed by atoms with E-state index in [0.717, 1.165) is 78.5 Å². The molecule has 6 N–H and O–H groups in total. The Morgan fingerprint density at radius 3 is 1.57 bits per heavy atom. The van der Waals surface area contributed by atoms with Crippen molar-refractivity contribution in [3.05, 3.63) is 106 Å². The number of phenolic OH excluding ortho intramolecular Hbond substituents is 2. The fourth-order valence-electron chi connectivity index (χ4n) is 9.65. The Labute approximate surface area is 429 Å². The number of aromatic nitrogens is 3. The lowest BCUT2D eigenvalue weighted by Crippen LogP contribution is -2.36. The number of alkyl halides is 3. The van der Waals surface area contributed by atoms with Gasteiger partial charge < -0.3 is 44.7 Å². The quantitative estimate of drug-likeness (QED) is 0.0895. The number of aryl methyl sites for hydroxylation is 3. The summed E-state index contributed by atoms with van der Waals surface area (Å²) in [5.74, 6) is 2.93. The number of anilines is 3. The number of benzene rings is 4. The predicted octanol–water partition coefficient (Wildman–Crippen LogP) is 13.7. The number of halogens is 4. The number of ether oxygens (including phenoxy) is 3. The summed E-state index contributed by atoms with van der Waals surface area (Å²) in [6.07, 6.45) is 4.97. The first-order chi connectivity index (χ1) is 32.7. The van der Waals surface area contributed by atoms with Crippen LogP contribution in [0, 0.1) is 20.8 Å². The average molecular weight is 1040 g/mol. The summed E-state index contributed by atoms with van der Waals surface area (Å²) in [4.78, 5) is 38.3. The number of amides is 2. The molecular weight excluding hydrogens is 974 g/mol. The number of nitrogens with one attached hydrogen (secondary N) is 4. The number of rotatable bonds is 6. The number of hydrogen-bond acceptors (Lipinski definition) is 8. The second kappa shape index (κ2) is 20.6. The van der Waals surface area contributed by atoms with Crippen molar-refractivity contribution >= 4 is 109 Å². The molecule has 3 atom stereocenters. The van der Waals surface area contributed by atoms with Crippen LogP contribution in [0.5, 0.6) is 17.2 Å². The number of nitrogens with zero attached hydrogens (tertiary/aromatic N) is 2. The minimum Gasteiger partial charge on any atom is -0.506 e. The van der Waals surface area contributed by atoms with E-state index in [-0.39, 0.29) is 36.1 Å². The second-order valence-electron chi connectivity index (χ2n) is 20.0. The Kier molecular flexibility index (Phi) is 15.4. The highest BCUT2D eigenvalue weighted by atomic mass is 35.5. The zero-order valence-electron chi connectivity index (χ0n) is 40.9. The summed E-state index contributed by atoms with van der Waals surface area (Å²) in [6.45, 7) is 19.4. The van der Waals surface area contributed by atoms with E-state index in [9.17, 15) is 19.8 Å². The minimum atomic E-state index is -0.577. The maximum absolute atomic E-state index is 12.9. The van der Waals surface area contributed by atoms with E-state index in [1.165, 1.54) is 5.56 Å². The SMILES string of the molecule is Cc1c[nH]c2c(O)cc3c(c12)[C@H](CCl)CN3.Cc1c[nH]c2c(O)cc3c(c12)[C@H](CCl)CN3C(=O)OC(C)(C)C.Cc1c[nH]c2c(OCc3ccccc3)cc3c(c12)[C@H](CCl)CN3C(=O)OC(C)(C)C.Cl. The lowest BCUT2D eigenvalue weighted by Gasteiger charge is -2.25. The van der Waals surface area contributed by atoms with Crippen molar-refractivity contribution in [3.8, 4) is 17.2 Å². The Bertz CT molecular complexity index is 3040.